The first kappa shape index (κ1) is 20.4. The second kappa shape index (κ2) is 8.45. The molecule has 5 aliphatic rings. The second-order valence-corrected chi connectivity index (χ2v) is 10.5. The van der Waals surface area contributed by atoms with Crippen LogP contribution in [-0.4, -0.2) is 87.1 Å². The van der Waals surface area contributed by atoms with Gasteiger partial charge in [-0.2, -0.15) is 0 Å². The maximum absolute atomic E-state index is 12.8. The van der Waals surface area contributed by atoms with Gasteiger partial charge < -0.3 is 14.4 Å². The van der Waals surface area contributed by atoms with E-state index in [0.717, 1.165) is 57.9 Å². The lowest BCUT2D eigenvalue weighted by atomic mass is 9.91. The summed E-state index contributed by atoms with van der Waals surface area (Å²) in [6, 6.07) is 0.429. The Labute approximate surface area is 168 Å². The average molecular weight is 416 g/mol. The van der Waals surface area contributed by atoms with Crippen molar-refractivity contribution in [3.8, 4) is 0 Å². The van der Waals surface area contributed by atoms with Crippen molar-refractivity contribution in [3.63, 3.8) is 0 Å². The Hall–Kier alpha value is -0.900. The van der Waals surface area contributed by atoms with Gasteiger partial charge in [0, 0.05) is 30.7 Å². The van der Waals surface area contributed by atoms with Crippen LogP contribution in [0.25, 0.3) is 0 Å². The summed E-state index contributed by atoms with van der Waals surface area (Å²) in [4.78, 5) is 17.0. The molecule has 5 fully saturated rings. The minimum Gasteiger partial charge on any atom is -0.448 e. The Bertz CT molecular complexity index is 660. The van der Waals surface area contributed by atoms with Gasteiger partial charge in [0.2, 0.25) is 10.0 Å². The number of ether oxygens (including phenoxy) is 2. The molecular weight excluding hydrogens is 382 g/mol. The number of fused-ring (bicyclic) bond motifs is 7. The first-order chi connectivity index (χ1) is 13.4. The molecule has 2 bridgehead atoms. The highest BCUT2D eigenvalue weighted by atomic mass is 32.2. The maximum Gasteiger partial charge on any atom is 0.410 e. The summed E-state index contributed by atoms with van der Waals surface area (Å²) in [5.74, 6) is 0. The summed E-state index contributed by atoms with van der Waals surface area (Å²) in [6.07, 6.45) is 8.90. The van der Waals surface area contributed by atoms with E-state index in [1.807, 2.05) is 4.90 Å². The molecule has 2 saturated carbocycles. The lowest BCUT2D eigenvalue weighted by molar-refractivity contribution is -0.0313. The third-order valence-corrected chi connectivity index (χ3v) is 7.29. The zero-order valence-electron chi connectivity index (χ0n) is 16.7. The SMILES string of the molecule is CS(=O)(=O)N[C@H]1CCCN2CCOC(=O)N(C3CC3)C3CCC(CC3)OC[C@@H]12. The summed E-state index contributed by atoms with van der Waals surface area (Å²) >= 11 is 0. The molecule has 0 radical (unpaired) electrons. The summed E-state index contributed by atoms with van der Waals surface area (Å²) < 4.78 is 38.4. The number of hydrogen-bond acceptors (Lipinski definition) is 6. The van der Waals surface area contributed by atoms with Crippen LogP contribution in [-0.2, 0) is 19.5 Å². The lowest BCUT2D eigenvalue weighted by Gasteiger charge is -2.41. The van der Waals surface area contributed by atoms with Crippen molar-refractivity contribution in [2.45, 2.75) is 81.6 Å². The number of sulfonamides is 1. The number of nitrogens with one attached hydrogen (secondary N) is 1. The Morgan fingerprint density at radius 2 is 1.68 bits per heavy atom. The van der Waals surface area contributed by atoms with Crippen LogP contribution in [0, 0.1) is 0 Å². The summed E-state index contributed by atoms with van der Waals surface area (Å²) in [5.41, 5.74) is 0. The van der Waals surface area contributed by atoms with E-state index in [0.29, 0.717) is 25.8 Å². The second-order valence-electron chi connectivity index (χ2n) is 8.76. The van der Waals surface area contributed by atoms with Crippen LogP contribution >= 0.6 is 0 Å². The molecule has 0 aromatic rings. The number of piperidine rings is 1. The van der Waals surface area contributed by atoms with E-state index >= 15 is 0 Å². The molecule has 2 atom stereocenters. The van der Waals surface area contributed by atoms with Crippen molar-refractivity contribution in [1.82, 2.24) is 14.5 Å². The van der Waals surface area contributed by atoms with E-state index in [1.165, 1.54) is 6.26 Å². The number of carbonyl (C=O) groups excluding carboxylic acids is 1. The van der Waals surface area contributed by atoms with Gasteiger partial charge in [-0.25, -0.2) is 17.9 Å². The number of carbonyl (C=O) groups is 1. The molecule has 3 saturated heterocycles. The Morgan fingerprint density at radius 3 is 2.32 bits per heavy atom. The molecule has 3 heterocycles. The van der Waals surface area contributed by atoms with Crippen molar-refractivity contribution in [2.75, 3.05) is 32.6 Å². The molecule has 2 aliphatic carbocycles. The van der Waals surface area contributed by atoms with Crippen LogP contribution in [0.5, 0.6) is 0 Å². The molecule has 1 N–H and O–H groups in total. The van der Waals surface area contributed by atoms with Gasteiger partial charge in [-0.1, -0.05) is 0 Å². The average Bonchev–Trinajstić information content (AvgIpc) is 3.45. The molecule has 8 nitrogen and oxygen atoms in total. The fraction of sp³-hybridized carbons (Fsp3) is 0.947. The zero-order chi connectivity index (χ0) is 19.7. The van der Waals surface area contributed by atoms with Crippen molar-refractivity contribution in [3.05, 3.63) is 0 Å². The molecule has 0 aromatic heterocycles. The fourth-order valence-corrected chi connectivity index (χ4v) is 5.86. The van der Waals surface area contributed by atoms with Gasteiger partial charge in [0.05, 0.1) is 19.0 Å². The maximum atomic E-state index is 12.8. The first-order valence-electron chi connectivity index (χ1n) is 10.7. The molecule has 160 valence electrons. The van der Waals surface area contributed by atoms with Crippen LogP contribution < -0.4 is 4.72 Å². The molecule has 5 rings (SSSR count). The predicted octanol–water partition coefficient (Wildman–Crippen LogP) is 1.31. The van der Waals surface area contributed by atoms with Gasteiger partial charge in [-0.15, -0.1) is 0 Å². The smallest absolute Gasteiger partial charge is 0.410 e. The molecule has 28 heavy (non-hydrogen) atoms. The van der Waals surface area contributed by atoms with Crippen LogP contribution in [0.3, 0.4) is 0 Å². The molecule has 1 amide bonds. The van der Waals surface area contributed by atoms with E-state index < -0.39 is 10.0 Å². The molecule has 0 spiro atoms. The van der Waals surface area contributed by atoms with Gasteiger partial charge in [-0.05, 0) is 57.9 Å². The van der Waals surface area contributed by atoms with Crippen LogP contribution in [0.1, 0.15) is 51.4 Å². The Kier molecular flexibility index (Phi) is 6.15. The summed E-state index contributed by atoms with van der Waals surface area (Å²) in [7, 11) is -3.28. The largest absolute Gasteiger partial charge is 0.448 e. The fourth-order valence-electron chi connectivity index (χ4n) is 5.04. The molecule has 0 aromatic carbocycles. The minimum atomic E-state index is -3.28. The van der Waals surface area contributed by atoms with E-state index in [2.05, 4.69) is 9.62 Å². The zero-order valence-corrected chi connectivity index (χ0v) is 17.5. The highest BCUT2D eigenvalue weighted by Gasteiger charge is 2.41. The van der Waals surface area contributed by atoms with E-state index in [9.17, 15) is 13.2 Å². The minimum absolute atomic E-state index is 0.0276. The van der Waals surface area contributed by atoms with Crippen LogP contribution in [0.15, 0.2) is 0 Å². The Balaban J connectivity index is 1.49. The third kappa shape index (κ3) is 4.98. The summed E-state index contributed by atoms with van der Waals surface area (Å²) in [5, 5.41) is 0. The van der Waals surface area contributed by atoms with E-state index in [1.54, 1.807) is 0 Å². The van der Waals surface area contributed by atoms with E-state index in [4.69, 9.17) is 9.47 Å². The van der Waals surface area contributed by atoms with Crippen molar-refractivity contribution >= 4 is 16.1 Å². The lowest BCUT2D eigenvalue weighted by Crippen LogP contribution is -2.58. The normalized spacial score (nSPS) is 36.0. The molecule has 3 aliphatic heterocycles. The van der Waals surface area contributed by atoms with Gasteiger partial charge in [-0.3, -0.25) is 4.90 Å². The quantitative estimate of drug-likeness (QED) is 0.748. The third-order valence-electron chi connectivity index (χ3n) is 6.55. The standard InChI is InChI=1S/C19H33N3O5S/c1-28(24,25)20-17-3-2-10-21-11-12-26-19(23)22(14-4-5-14)15-6-8-16(9-7-15)27-13-18(17)21/h14-18,20H,2-13H2,1H3/t15?,16?,17-,18-/m0/s1. The highest BCUT2D eigenvalue weighted by molar-refractivity contribution is 7.88. The summed E-state index contributed by atoms with van der Waals surface area (Å²) in [6.45, 7) is 2.33. The number of rotatable bonds is 3. The number of hydrogen-bond donors (Lipinski definition) is 1. The van der Waals surface area contributed by atoms with Gasteiger partial charge in [0.15, 0.2) is 0 Å². The monoisotopic (exact) mass is 415 g/mol. The van der Waals surface area contributed by atoms with Crippen molar-refractivity contribution in [1.29, 1.82) is 0 Å². The first-order valence-corrected chi connectivity index (χ1v) is 12.6. The van der Waals surface area contributed by atoms with Crippen molar-refractivity contribution < 1.29 is 22.7 Å². The molecular formula is C19H33N3O5S. The predicted molar refractivity (Wildman–Crippen MR) is 105 cm³/mol. The Morgan fingerprint density at radius 1 is 1.00 bits per heavy atom. The van der Waals surface area contributed by atoms with E-state index in [-0.39, 0.29) is 30.3 Å². The number of nitrogens with zero attached hydrogens (tertiary/aromatic N) is 2. The van der Waals surface area contributed by atoms with Crippen LogP contribution in [0.4, 0.5) is 4.79 Å². The number of amides is 1. The topological polar surface area (TPSA) is 88.2 Å². The van der Waals surface area contributed by atoms with Crippen molar-refractivity contribution in [2.24, 2.45) is 0 Å². The van der Waals surface area contributed by atoms with Gasteiger partial charge in [0.25, 0.3) is 0 Å². The highest BCUT2D eigenvalue weighted by Crippen LogP contribution is 2.35. The van der Waals surface area contributed by atoms with Gasteiger partial charge in [0.1, 0.15) is 6.61 Å². The molecule has 9 heteroatoms. The van der Waals surface area contributed by atoms with Gasteiger partial charge >= 0.3 is 6.09 Å². The van der Waals surface area contributed by atoms with Crippen LogP contribution in [0.2, 0.25) is 0 Å². The molecule has 0 unspecified atom stereocenters.